The molecule has 108 valence electrons. The van der Waals surface area contributed by atoms with E-state index in [9.17, 15) is 9.59 Å². The minimum atomic E-state index is -0.967. The van der Waals surface area contributed by atoms with Crippen LogP contribution in [0.1, 0.15) is 28.8 Å². The van der Waals surface area contributed by atoms with Gasteiger partial charge in [-0.1, -0.05) is 12.1 Å². The number of carbonyl (C=O) groups is 2. The molecule has 1 heterocycles. The molecule has 0 aromatic heterocycles. The fourth-order valence-electron chi connectivity index (χ4n) is 2.20. The number of aromatic carboxylic acids is 1. The molecule has 0 spiro atoms. The lowest BCUT2D eigenvalue weighted by atomic mass is 10.1. The molecule has 0 bridgehead atoms. The maximum absolute atomic E-state index is 11.7. The van der Waals surface area contributed by atoms with Gasteiger partial charge in [0.1, 0.15) is 0 Å². The highest BCUT2D eigenvalue weighted by atomic mass is 16.4. The van der Waals surface area contributed by atoms with Crippen LogP contribution in [0.25, 0.3) is 0 Å². The molecule has 1 fully saturated rings. The van der Waals surface area contributed by atoms with Crippen LogP contribution in [-0.2, 0) is 6.54 Å². The molecule has 1 aliphatic heterocycles. The molecule has 0 atom stereocenters. The maximum atomic E-state index is 11.7. The number of benzene rings is 1. The van der Waals surface area contributed by atoms with Crippen molar-refractivity contribution < 1.29 is 14.7 Å². The standard InChI is InChI=1S/C14H19N3O3/c18-13(19)11-3-1-2-10(8-11)9-16-14(20)17-12-4-6-15-7-5-12/h1-3,8,12,15H,4-7,9H2,(H,18,19)(H2,16,17,20). The lowest BCUT2D eigenvalue weighted by Gasteiger charge is -2.23. The second-order valence-electron chi connectivity index (χ2n) is 4.86. The highest BCUT2D eigenvalue weighted by Crippen LogP contribution is 2.05. The summed E-state index contributed by atoms with van der Waals surface area (Å²) in [4.78, 5) is 22.6. The number of hydrogen-bond acceptors (Lipinski definition) is 3. The molecule has 6 nitrogen and oxygen atoms in total. The first-order chi connectivity index (χ1) is 9.65. The summed E-state index contributed by atoms with van der Waals surface area (Å²) in [7, 11) is 0. The Labute approximate surface area is 117 Å². The van der Waals surface area contributed by atoms with Crippen LogP contribution in [0.4, 0.5) is 4.79 Å². The molecule has 2 rings (SSSR count). The van der Waals surface area contributed by atoms with Gasteiger partial charge in [0.2, 0.25) is 0 Å². The van der Waals surface area contributed by atoms with E-state index >= 15 is 0 Å². The molecule has 1 aromatic rings. The molecule has 4 N–H and O–H groups in total. The summed E-state index contributed by atoms with van der Waals surface area (Å²) >= 11 is 0. The van der Waals surface area contributed by atoms with E-state index in [4.69, 9.17) is 5.11 Å². The van der Waals surface area contributed by atoms with E-state index in [-0.39, 0.29) is 17.6 Å². The van der Waals surface area contributed by atoms with Gasteiger partial charge in [0, 0.05) is 12.6 Å². The molecule has 0 radical (unpaired) electrons. The number of carboxylic acids is 1. The van der Waals surface area contributed by atoms with Crippen molar-refractivity contribution in [2.24, 2.45) is 0 Å². The summed E-state index contributed by atoms with van der Waals surface area (Å²) < 4.78 is 0. The van der Waals surface area contributed by atoms with Crippen LogP contribution in [-0.4, -0.2) is 36.2 Å². The molecule has 1 saturated heterocycles. The Morgan fingerprint density at radius 2 is 2.05 bits per heavy atom. The zero-order chi connectivity index (χ0) is 14.4. The summed E-state index contributed by atoms with van der Waals surface area (Å²) in [6, 6.07) is 6.55. The van der Waals surface area contributed by atoms with Crippen molar-refractivity contribution in [1.82, 2.24) is 16.0 Å². The zero-order valence-electron chi connectivity index (χ0n) is 11.2. The first-order valence-electron chi connectivity index (χ1n) is 6.72. The Hall–Kier alpha value is -2.08. The number of rotatable bonds is 4. The van der Waals surface area contributed by atoms with Crippen molar-refractivity contribution in [2.75, 3.05) is 13.1 Å². The third-order valence-electron chi connectivity index (χ3n) is 3.30. The van der Waals surface area contributed by atoms with Gasteiger partial charge in [-0.25, -0.2) is 9.59 Å². The van der Waals surface area contributed by atoms with E-state index in [2.05, 4.69) is 16.0 Å². The van der Waals surface area contributed by atoms with Crippen molar-refractivity contribution in [3.63, 3.8) is 0 Å². The minimum absolute atomic E-state index is 0.210. The van der Waals surface area contributed by atoms with Gasteiger partial charge < -0.3 is 21.1 Å². The van der Waals surface area contributed by atoms with Crippen LogP contribution in [0.2, 0.25) is 0 Å². The average Bonchev–Trinajstić information content (AvgIpc) is 2.46. The molecule has 1 aromatic carbocycles. The number of nitrogens with one attached hydrogen (secondary N) is 3. The quantitative estimate of drug-likeness (QED) is 0.659. The van der Waals surface area contributed by atoms with E-state index in [0.717, 1.165) is 31.5 Å². The van der Waals surface area contributed by atoms with E-state index in [1.807, 2.05) is 0 Å². The Morgan fingerprint density at radius 1 is 1.30 bits per heavy atom. The maximum Gasteiger partial charge on any atom is 0.335 e. The zero-order valence-corrected chi connectivity index (χ0v) is 11.2. The fourth-order valence-corrected chi connectivity index (χ4v) is 2.20. The van der Waals surface area contributed by atoms with Gasteiger partial charge in [0.25, 0.3) is 0 Å². The minimum Gasteiger partial charge on any atom is -0.478 e. The average molecular weight is 277 g/mol. The van der Waals surface area contributed by atoms with Gasteiger partial charge in [0.15, 0.2) is 0 Å². The van der Waals surface area contributed by atoms with Crippen LogP contribution >= 0.6 is 0 Å². The highest BCUT2D eigenvalue weighted by molar-refractivity contribution is 5.87. The molecular weight excluding hydrogens is 258 g/mol. The Morgan fingerprint density at radius 3 is 2.75 bits per heavy atom. The number of amides is 2. The predicted octanol–water partition coefficient (Wildman–Crippen LogP) is 0.936. The highest BCUT2D eigenvalue weighted by Gasteiger charge is 2.14. The molecule has 6 heteroatoms. The third-order valence-corrected chi connectivity index (χ3v) is 3.30. The lowest BCUT2D eigenvalue weighted by Crippen LogP contribution is -2.46. The monoisotopic (exact) mass is 277 g/mol. The number of piperidine rings is 1. The topological polar surface area (TPSA) is 90.5 Å². The van der Waals surface area contributed by atoms with Crippen LogP contribution in [0.5, 0.6) is 0 Å². The van der Waals surface area contributed by atoms with Gasteiger partial charge in [-0.3, -0.25) is 0 Å². The van der Waals surface area contributed by atoms with Gasteiger partial charge >= 0.3 is 12.0 Å². The Bertz CT molecular complexity index is 484. The lowest BCUT2D eigenvalue weighted by molar-refractivity contribution is 0.0696. The SMILES string of the molecule is O=C(NCc1cccc(C(=O)O)c1)NC1CCNCC1. The normalized spacial score (nSPS) is 15.6. The number of urea groups is 1. The first kappa shape index (κ1) is 14.3. The van der Waals surface area contributed by atoms with Crippen LogP contribution in [0.15, 0.2) is 24.3 Å². The third kappa shape index (κ3) is 4.24. The number of carboxylic acid groups (broad SMARTS) is 1. The summed E-state index contributed by atoms with van der Waals surface area (Å²) in [6.07, 6.45) is 1.86. The van der Waals surface area contributed by atoms with Crippen molar-refractivity contribution in [2.45, 2.75) is 25.4 Å². The van der Waals surface area contributed by atoms with Gasteiger partial charge in [-0.15, -0.1) is 0 Å². The van der Waals surface area contributed by atoms with Crippen LogP contribution < -0.4 is 16.0 Å². The summed E-state index contributed by atoms with van der Waals surface area (Å²) in [5.41, 5.74) is 0.994. The van der Waals surface area contributed by atoms with Gasteiger partial charge in [0.05, 0.1) is 5.56 Å². The number of carbonyl (C=O) groups excluding carboxylic acids is 1. The molecule has 1 aliphatic rings. The fraction of sp³-hybridized carbons (Fsp3) is 0.429. The summed E-state index contributed by atoms with van der Waals surface area (Å²) in [5, 5.41) is 17.8. The molecular formula is C14H19N3O3. The van der Waals surface area contributed by atoms with E-state index in [1.54, 1.807) is 18.2 Å². The summed E-state index contributed by atoms with van der Waals surface area (Å²) in [5.74, 6) is -0.967. The van der Waals surface area contributed by atoms with E-state index in [0.29, 0.717) is 6.54 Å². The second-order valence-corrected chi connectivity index (χ2v) is 4.86. The first-order valence-corrected chi connectivity index (χ1v) is 6.72. The van der Waals surface area contributed by atoms with Gasteiger partial charge in [-0.05, 0) is 43.6 Å². The Balaban J connectivity index is 1.80. The van der Waals surface area contributed by atoms with Crippen molar-refractivity contribution in [3.8, 4) is 0 Å². The van der Waals surface area contributed by atoms with E-state index in [1.165, 1.54) is 6.07 Å². The largest absolute Gasteiger partial charge is 0.478 e. The van der Waals surface area contributed by atoms with Crippen LogP contribution in [0, 0.1) is 0 Å². The Kier molecular flexibility index (Phi) is 4.95. The van der Waals surface area contributed by atoms with Gasteiger partial charge in [-0.2, -0.15) is 0 Å². The molecule has 20 heavy (non-hydrogen) atoms. The summed E-state index contributed by atoms with van der Waals surface area (Å²) in [6.45, 7) is 2.16. The van der Waals surface area contributed by atoms with E-state index < -0.39 is 5.97 Å². The predicted molar refractivity (Wildman–Crippen MR) is 74.7 cm³/mol. The smallest absolute Gasteiger partial charge is 0.335 e. The molecule has 2 amide bonds. The molecule has 0 unspecified atom stereocenters. The second kappa shape index (κ2) is 6.91. The molecule has 0 saturated carbocycles. The van der Waals surface area contributed by atoms with Crippen LogP contribution in [0.3, 0.4) is 0 Å². The molecule has 0 aliphatic carbocycles. The van der Waals surface area contributed by atoms with Crippen molar-refractivity contribution in [1.29, 1.82) is 0 Å². The number of hydrogen-bond donors (Lipinski definition) is 4. The van der Waals surface area contributed by atoms with Crippen molar-refractivity contribution in [3.05, 3.63) is 35.4 Å². The van der Waals surface area contributed by atoms with Crippen molar-refractivity contribution >= 4 is 12.0 Å².